The Morgan fingerprint density at radius 2 is 1.77 bits per heavy atom. The number of halogens is 1. The highest BCUT2D eigenvalue weighted by Crippen LogP contribution is 2.35. The minimum atomic E-state index is -0.171. The molecule has 0 radical (unpaired) electrons. The lowest BCUT2D eigenvalue weighted by Crippen LogP contribution is -2.11. The zero-order valence-electron chi connectivity index (χ0n) is 16.2. The molecule has 0 atom stereocenters. The molecule has 0 aliphatic rings. The monoisotopic (exact) mass is 425 g/mol. The summed E-state index contributed by atoms with van der Waals surface area (Å²) in [7, 11) is 0. The van der Waals surface area contributed by atoms with Crippen molar-refractivity contribution in [1.29, 1.82) is 0 Å². The van der Waals surface area contributed by atoms with E-state index in [1.54, 1.807) is 28.9 Å². The molecule has 1 N–H and O–H groups in total. The number of benzene rings is 2. The van der Waals surface area contributed by atoms with Crippen LogP contribution in [0.4, 0.5) is 5.69 Å². The predicted octanol–water partition coefficient (Wildman–Crippen LogP) is 5.36. The second kappa shape index (κ2) is 8.01. The van der Waals surface area contributed by atoms with Crippen molar-refractivity contribution in [2.75, 3.05) is 5.32 Å². The molecular formula is C24H16ClN5O. The lowest BCUT2D eigenvalue weighted by atomic mass is 10.0. The van der Waals surface area contributed by atoms with Gasteiger partial charge in [0.25, 0.3) is 5.91 Å². The SMILES string of the molecule is O=C(Nc1cccc(-c2nn3ccccc3c2-c2ccnc(Cl)n2)c1)c1ccccc1. The highest BCUT2D eigenvalue weighted by molar-refractivity contribution is 6.28. The summed E-state index contributed by atoms with van der Waals surface area (Å²) in [4.78, 5) is 20.9. The van der Waals surface area contributed by atoms with Crippen LogP contribution in [0.2, 0.25) is 5.28 Å². The van der Waals surface area contributed by atoms with E-state index in [9.17, 15) is 4.79 Å². The van der Waals surface area contributed by atoms with Crippen LogP contribution < -0.4 is 5.32 Å². The number of carbonyl (C=O) groups excluding carboxylic acids is 1. The number of nitrogens with zero attached hydrogens (tertiary/aromatic N) is 4. The fourth-order valence-electron chi connectivity index (χ4n) is 3.46. The molecule has 0 aliphatic carbocycles. The van der Waals surface area contributed by atoms with E-state index in [0.717, 1.165) is 22.3 Å². The summed E-state index contributed by atoms with van der Waals surface area (Å²) in [5.74, 6) is -0.171. The van der Waals surface area contributed by atoms with E-state index >= 15 is 0 Å². The first-order valence-electron chi connectivity index (χ1n) is 9.62. The Morgan fingerprint density at radius 1 is 0.935 bits per heavy atom. The molecule has 150 valence electrons. The van der Waals surface area contributed by atoms with E-state index in [-0.39, 0.29) is 11.2 Å². The molecule has 0 fully saturated rings. The first-order valence-corrected chi connectivity index (χ1v) is 10.00. The molecule has 0 spiro atoms. The quantitative estimate of drug-likeness (QED) is 0.393. The highest BCUT2D eigenvalue weighted by atomic mass is 35.5. The van der Waals surface area contributed by atoms with Gasteiger partial charge in [-0.05, 0) is 54.1 Å². The summed E-state index contributed by atoms with van der Waals surface area (Å²) in [5.41, 5.74) is 5.26. The van der Waals surface area contributed by atoms with Gasteiger partial charge in [0, 0.05) is 29.2 Å². The minimum Gasteiger partial charge on any atom is -0.322 e. The molecule has 2 aromatic carbocycles. The van der Waals surface area contributed by atoms with Gasteiger partial charge in [0.15, 0.2) is 0 Å². The molecule has 3 heterocycles. The lowest BCUT2D eigenvalue weighted by Gasteiger charge is -2.08. The molecule has 6 nitrogen and oxygen atoms in total. The highest BCUT2D eigenvalue weighted by Gasteiger charge is 2.18. The molecule has 5 aromatic rings. The van der Waals surface area contributed by atoms with Crippen LogP contribution in [0.25, 0.3) is 28.0 Å². The first-order chi connectivity index (χ1) is 15.2. The molecule has 0 unspecified atom stereocenters. The summed E-state index contributed by atoms with van der Waals surface area (Å²) in [6, 6.07) is 24.3. The summed E-state index contributed by atoms with van der Waals surface area (Å²) < 4.78 is 1.80. The van der Waals surface area contributed by atoms with Crippen molar-refractivity contribution in [2.45, 2.75) is 0 Å². The Labute approximate surface area is 183 Å². The van der Waals surface area contributed by atoms with Crippen LogP contribution in [-0.2, 0) is 0 Å². The van der Waals surface area contributed by atoms with Gasteiger partial charge in [-0.15, -0.1) is 0 Å². The third-order valence-electron chi connectivity index (χ3n) is 4.85. The van der Waals surface area contributed by atoms with Gasteiger partial charge in [-0.3, -0.25) is 4.79 Å². The molecular weight excluding hydrogens is 410 g/mol. The topological polar surface area (TPSA) is 72.2 Å². The van der Waals surface area contributed by atoms with Crippen LogP contribution in [0.5, 0.6) is 0 Å². The standard InChI is InChI=1S/C24H16ClN5O/c25-24-26-13-12-19(28-24)21-20-11-4-5-14-30(20)29-22(21)17-9-6-10-18(15-17)27-23(31)16-7-2-1-3-8-16/h1-15H,(H,27,31). The molecule has 0 saturated heterocycles. The van der Waals surface area contributed by atoms with Gasteiger partial charge in [-0.2, -0.15) is 5.10 Å². The van der Waals surface area contributed by atoms with Gasteiger partial charge < -0.3 is 5.32 Å². The maximum absolute atomic E-state index is 12.6. The zero-order chi connectivity index (χ0) is 21.2. The van der Waals surface area contributed by atoms with E-state index < -0.39 is 0 Å². The smallest absolute Gasteiger partial charge is 0.255 e. The van der Waals surface area contributed by atoms with Crippen molar-refractivity contribution >= 4 is 28.7 Å². The second-order valence-corrected chi connectivity index (χ2v) is 7.20. The van der Waals surface area contributed by atoms with Crippen LogP contribution in [-0.4, -0.2) is 25.5 Å². The Bertz CT molecular complexity index is 1400. The number of hydrogen-bond acceptors (Lipinski definition) is 4. The van der Waals surface area contributed by atoms with E-state index in [1.165, 1.54) is 0 Å². The van der Waals surface area contributed by atoms with Crippen molar-refractivity contribution in [3.63, 3.8) is 0 Å². The number of fused-ring (bicyclic) bond motifs is 1. The van der Waals surface area contributed by atoms with Crippen LogP contribution >= 0.6 is 11.6 Å². The van der Waals surface area contributed by atoms with E-state index in [0.29, 0.717) is 16.9 Å². The molecule has 0 aliphatic heterocycles. The predicted molar refractivity (Wildman–Crippen MR) is 121 cm³/mol. The Kier molecular flexibility index (Phi) is 4.90. The number of hydrogen-bond donors (Lipinski definition) is 1. The van der Waals surface area contributed by atoms with Crippen molar-refractivity contribution < 1.29 is 4.79 Å². The molecule has 7 heteroatoms. The van der Waals surface area contributed by atoms with E-state index in [4.69, 9.17) is 16.7 Å². The fourth-order valence-corrected chi connectivity index (χ4v) is 3.61. The van der Waals surface area contributed by atoms with Gasteiger partial charge in [0.1, 0.15) is 5.69 Å². The molecule has 0 bridgehead atoms. The number of aromatic nitrogens is 4. The lowest BCUT2D eigenvalue weighted by molar-refractivity contribution is 0.102. The minimum absolute atomic E-state index is 0.169. The van der Waals surface area contributed by atoms with Gasteiger partial charge >= 0.3 is 0 Å². The van der Waals surface area contributed by atoms with Crippen molar-refractivity contribution in [1.82, 2.24) is 19.6 Å². The van der Waals surface area contributed by atoms with E-state index in [2.05, 4.69) is 15.3 Å². The van der Waals surface area contributed by atoms with Crippen LogP contribution in [0, 0.1) is 0 Å². The molecule has 0 saturated carbocycles. The number of amides is 1. The summed E-state index contributed by atoms with van der Waals surface area (Å²) in [6.07, 6.45) is 3.50. The number of pyridine rings is 1. The van der Waals surface area contributed by atoms with Crippen LogP contribution in [0.1, 0.15) is 10.4 Å². The number of anilines is 1. The number of nitrogens with one attached hydrogen (secondary N) is 1. The Balaban J connectivity index is 1.59. The summed E-state index contributed by atoms with van der Waals surface area (Å²) >= 11 is 6.06. The first kappa shape index (κ1) is 19.0. The van der Waals surface area contributed by atoms with Gasteiger partial charge in [-0.25, -0.2) is 14.5 Å². The van der Waals surface area contributed by atoms with Crippen molar-refractivity contribution in [2.24, 2.45) is 0 Å². The van der Waals surface area contributed by atoms with Gasteiger partial charge in [0.05, 0.1) is 16.8 Å². The Hall–Kier alpha value is -4.03. The van der Waals surface area contributed by atoms with Crippen LogP contribution in [0.15, 0.2) is 91.3 Å². The average molecular weight is 426 g/mol. The number of rotatable bonds is 4. The second-order valence-electron chi connectivity index (χ2n) is 6.87. The molecule has 1 amide bonds. The normalized spacial score (nSPS) is 10.9. The van der Waals surface area contributed by atoms with E-state index in [1.807, 2.05) is 66.9 Å². The maximum Gasteiger partial charge on any atom is 0.255 e. The fraction of sp³-hybridized carbons (Fsp3) is 0. The Morgan fingerprint density at radius 3 is 2.61 bits per heavy atom. The molecule has 5 rings (SSSR count). The van der Waals surface area contributed by atoms with Crippen molar-refractivity contribution in [3.05, 3.63) is 102 Å². The van der Waals surface area contributed by atoms with Crippen LogP contribution in [0.3, 0.4) is 0 Å². The average Bonchev–Trinajstić information content (AvgIpc) is 3.19. The van der Waals surface area contributed by atoms with Crippen molar-refractivity contribution in [3.8, 4) is 22.5 Å². The molecule has 3 aromatic heterocycles. The van der Waals surface area contributed by atoms with Gasteiger partial charge in [0.2, 0.25) is 5.28 Å². The summed E-state index contributed by atoms with van der Waals surface area (Å²) in [5, 5.41) is 7.89. The third kappa shape index (κ3) is 3.76. The largest absolute Gasteiger partial charge is 0.322 e. The number of carbonyl (C=O) groups is 1. The third-order valence-corrected chi connectivity index (χ3v) is 5.03. The molecule has 31 heavy (non-hydrogen) atoms. The maximum atomic E-state index is 12.6. The van der Waals surface area contributed by atoms with Gasteiger partial charge in [-0.1, -0.05) is 36.4 Å². The summed E-state index contributed by atoms with van der Waals surface area (Å²) in [6.45, 7) is 0. The zero-order valence-corrected chi connectivity index (χ0v) is 17.0.